The van der Waals surface area contributed by atoms with Crippen molar-refractivity contribution in [2.45, 2.75) is 6.54 Å². The highest BCUT2D eigenvalue weighted by Gasteiger charge is 2.04. The molecule has 13 heteroatoms. The van der Waals surface area contributed by atoms with Gasteiger partial charge >= 0.3 is 5.97 Å². The fraction of sp³-hybridized carbons (Fsp3) is 0.167. The summed E-state index contributed by atoms with van der Waals surface area (Å²) in [4.78, 5) is 20.5. The topological polar surface area (TPSA) is 224 Å². The summed E-state index contributed by atoms with van der Waals surface area (Å²) in [7, 11) is 0. The predicted octanol–water partition coefficient (Wildman–Crippen LogP) is -3.04. The SMILES string of the molecule is Nc1nc(N)nc(N)n1.Nc1nnnn1CC(=O)O. The minimum Gasteiger partial charge on any atom is -0.480 e. The molecule has 0 aliphatic carbocycles. The number of hydrogen-bond donors (Lipinski definition) is 5. The zero-order valence-electron chi connectivity index (χ0n) is 9.50. The maximum absolute atomic E-state index is 10.0. The summed E-state index contributed by atoms with van der Waals surface area (Å²) in [6, 6.07) is 0. The number of nitrogens with zero attached hydrogens (tertiary/aromatic N) is 7. The monoisotopic (exact) mass is 269 g/mol. The quantitative estimate of drug-likeness (QED) is 0.366. The van der Waals surface area contributed by atoms with Crippen LogP contribution in [0.4, 0.5) is 23.8 Å². The fourth-order valence-electron chi connectivity index (χ4n) is 0.879. The molecular formula is C6H11N11O2. The average molecular weight is 269 g/mol. The highest BCUT2D eigenvalue weighted by atomic mass is 16.4. The van der Waals surface area contributed by atoms with Crippen LogP contribution in [-0.2, 0) is 11.3 Å². The first-order valence-electron chi connectivity index (χ1n) is 4.64. The van der Waals surface area contributed by atoms with Crippen molar-refractivity contribution in [3.8, 4) is 0 Å². The van der Waals surface area contributed by atoms with Gasteiger partial charge in [0.25, 0.3) is 0 Å². The molecule has 2 heterocycles. The molecule has 0 aliphatic rings. The lowest BCUT2D eigenvalue weighted by Gasteiger charge is -1.93. The number of hydrogen-bond acceptors (Lipinski definition) is 11. The Kier molecular flexibility index (Phi) is 4.29. The number of nitrogens with two attached hydrogens (primary N) is 4. The van der Waals surface area contributed by atoms with Crippen molar-refractivity contribution in [3.63, 3.8) is 0 Å². The van der Waals surface area contributed by atoms with Gasteiger partial charge in [0, 0.05) is 0 Å². The number of anilines is 4. The number of nitrogen functional groups attached to an aromatic ring is 4. The molecule has 2 aromatic rings. The Morgan fingerprint density at radius 1 is 1.05 bits per heavy atom. The van der Waals surface area contributed by atoms with Gasteiger partial charge in [0.05, 0.1) is 0 Å². The number of carbonyl (C=O) groups is 1. The summed E-state index contributed by atoms with van der Waals surface area (Å²) in [5.74, 6) is -0.901. The number of rotatable bonds is 2. The van der Waals surface area contributed by atoms with E-state index in [2.05, 4.69) is 30.5 Å². The standard InChI is InChI=1S/C3H6N6.C3H5N5O2/c4-1-7-2(5)9-3(6)8-1;4-3-5-6-7-8(3)1-2(9)10/h(H6,4,5,6,7,8,9);1H2,(H,9,10)(H2,4,5,7). The molecule has 13 nitrogen and oxygen atoms in total. The molecule has 19 heavy (non-hydrogen) atoms. The van der Waals surface area contributed by atoms with Crippen LogP contribution < -0.4 is 22.9 Å². The van der Waals surface area contributed by atoms with Crippen molar-refractivity contribution < 1.29 is 9.90 Å². The van der Waals surface area contributed by atoms with E-state index in [0.29, 0.717) is 0 Å². The largest absolute Gasteiger partial charge is 0.480 e. The number of tetrazole rings is 1. The molecule has 102 valence electrons. The van der Waals surface area contributed by atoms with E-state index in [1.54, 1.807) is 0 Å². The second kappa shape index (κ2) is 5.89. The summed E-state index contributed by atoms with van der Waals surface area (Å²) < 4.78 is 0.988. The van der Waals surface area contributed by atoms with Crippen LogP contribution in [0.2, 0.25) is 0 Å². The zero-order chi connectivity index (χ0) is 14.4. The van der Waals surface area contributed by atoms with E-state index in [-0.39, 0.29) is 30.3 Å². The third kappa shape index (κ3) is 4.63. The lowest BCUT2D eigenvalue weighted by molar-refractivity contribution is -0.137. The molecule has 0 fully saturated rings. The van der Waals surface area contributed by atoms with Crippen LogP contribution in [0.1, 0.15) is 0 Å². The Hall–Kier alpha value is -3.25. The van der Waals surface area contributed by atoms with Crippen LogP contribution in [0.15, 0.2) is 0 Å². The first-order valence-corrected chi connectivity index (χ1v) is 4.64. The van der Waals surface area contributed by atoms with E-state index in [1.165, 1.54) is 0 Å². The van der Waals surface area contributed by atoms with Crippen molar-refractivity contribution in [2.24, 2.45) is 0 Å². The normalized spacial score (nSPS) is 9.47. The lowest BCUT2D eigenvalue weighted by atomic mass is 10.7. The molecule has 0 amide bonds. The van der Waals surface area contributed by atoms with Crippen molar-refractivity contribution in [3.05, 3.63) is 0 Å². The molecule has 0 radical (unpaired) electrons. The lowest BCUT2D eigenvalue weighted by Crippen LogP contribution is -2.12. The van der Waals surface area contributed by atoms with Gasteiger partial charge in [0.15, 0.2) is 0 Å². The first kappa shape index (κ1) is 13.8. The molecule has 0 spiro atoms. The van der Waals surface area contributed by atoms with E-state index in [0.717, 1.165) is 4.68 Å². The molecule has 0 aliphatic heterocycles. The highest BCUT2D eigenvalue weighted by molar-refractivity contribution is 5.66. The van der Waals surface area contributed by atoms with Crippen molar-refractivity contribution in [1.29, 1.82) is 0 Å². The van der Waals surface area contributed by atoms with Gasteiger partial charge in [-0.2, -0.15) is 15.0 Å². The number of aliphatic carboxylic acids is 1. The van der Waals surface area contributed by atoms with Crippen molar-refractivity contribution in [1.82, 2.24) is 35.2 Å². The first-order chi connectivity index (χ1) is 8.88. The van der Waals surface area contributed by atoms with Crippen LogP contribution in [0, 0.1) is 0 Å². The summed E-state index contributed by atoms with van der Waals surface area (Å²) in [6.07, 6.45) is 0. The number of aromatic nitrogens is 7. The predicted molar refractivity (Wildman–Crippen MR) is 62.9 cm³/mol. The smallest absolute Gasteiger partial charge is 0.325 e. The maximum atomic E-state index is 10.0. The Bertz CT molecular complexity index is 516. The van der Waals surface area contributed by atoms with Gasteiger partial charge < -0.3 is 28.0 Å². The highest BCUT2D eigenvalue weighted by Crippen LogP contribution is 1.97. The van der Waals surface area contributed by atoms with E-state index in [1.807, 2.05) is 0 Å². The minimum atomic E-state index is -1.03. The molecule has 0 bridgehead atoms. The third-order valence-corrected chi connectivity index (χ3v) is 1.53. The van der Waals surface area contributed by atoms with Gasteiger partial charge in [0.2, 0.25) is 23.8 Å². The molecule has 0 atom stereocenters. The van der Waals surface area contributed by atoms with Crippen molar-refractivity contribution >= 4 is 29.8 Å². The van der Waals surface area contributed by atoms with Gasteiger partial charge in [-0.15, -0.1) is 0 Å². The molecular weight excluding hydrogens is 258 g/mol. The Labute approximate surface area is 105 Å². The molecule has 0 saturated carbocycles. The molecule has 0 aromatic carbocycles. The minimum absolute atomic E-state index is 0.00222. The third-order valence-electron chi connectivity index (χ3n) is 1.53. The zero-order valence-corrected chi connectivity index (χ0v) is 9.50. The van der Waals surface area contributed by atoms with Gasteiger partial charge in [-0.05, 0) is 10.4 Å². The summed E-state index contributed by atoms with van der Waals surface area (Å²) in [5.41, 5.74) is 20.6. The Morgan fingerprint density at radius 3 is 1.84 bits per heavy atom. The number of carboxylic acid groups (broad SMARTS) is 1. The number of carboxylic acids is 1. The summed E-state index contributed by atoms with van der Waals surface area (Å²) >= 11 is 0. The van der Waals surface area contributed by atoms with E-state index in [4.69, 9.17) is 28.0 Å². The van der Waals surface area contributed by atoms with Crippen LogP contribution in [0.5, 0.6) is 0 Å². The van der Waals surface area contributed by atoms with Gasteiger partial charge in [-0.25, -0.2) is 4.68 Å². The second-order valence-electron chi connectivity index (χ2n) is 3.00. The summed E-state index contributed by atoms with van der Waals surface area (Å²) in [6.45, 7) is -0.307. The molecule has 2 rings (SSSR count). The van der Waals surface area contributed by atoms with Crippen LogP contribution in [-0.4, -0.2) is 46.2 Å². The van der Waals surface area contributed by atoms with Crippen LogP contribution >= 0.6 is 0 Å². The van der Waals surface area contributed by atoms with Crippen molar-refractivity contribution in [2.75, 3.05) is 22.9 Å². The van der Waals surface area contributed by atoms with Gasteiger partial charge in [-0.3, -0.25) is 4.79 Å². The maximum Gasteiger partial charge on any atom is 0.325 e. The Morgan fingerprint density at radius 2 is 1.53 bits per heavy atom. The van der Waals surface area contributed by atoms with Gasteiger partial charge in [-0.1, -0.05) is 5.10 Å². The average Bonchev–Trinajstić information content (AvgIpc) is 2.62. The molecule has 9 N–H and O–H groups in total. The van der Waals surface area contributed by atoms with E-state index < -0.39 is 5.97 Å². The molecule has 2 aromatic heterocycles. The van der Waals surface area contributed by atoms with E-state index >= 15 is 0 Å². The molecule has 0 unspecified atom stereocenters. The van der Waals surface area contributed by atoms with E-state index in [9.17, 15) is 4.79 Å². The Balaban J connectivity index is 0.000000191. The molecule has 0 saturated heterocycles. The van der Waals surface area contributed by atoms with Gasteiger partial charge in [0.1, 0.15) is 6.54 Å². The second-order valence-corrected chi connectivity index (χ2v) is 3.00. The summed E-state index contributed by atoms with van der Waals surface area (Å²) in [5, 5.41) is 18.0. The van der Waals surface area contributed by atoms with Crippen LogP contribution in [0.25, 0.3) is 0 Å². The van der Waals surface area contributed by atoms with Crippen LogP contribution in [0.3, 0.4) is 0 Å². The fourth-order valence-corrected chi connectivity index (χ4v) is 0.879.